The van der Waals surface area contributed by atoms with E-state index in [1.807, 2.05) is 77.1 Å². The maximum absolute atomic E-state index is 13.4. The Morgan fingerprint density at radius 2 is 1.76 bits per heavy atom. The second kappa shape index (κ2) is 18.8. The van der Waals surface area contributed by atoms with Crippen molar-refractivity contribution in [1.82, 2.24) is 26.2 Å². The maximum Gasteiger partial charge on any atom is 0.251 e. The molecule has 2 aromatic carbocycles. The number of hydroxylamine groups is 1. The van der Waals surface area contributed by atoms with Crippen LogP contribution in [0.2, 0.25) is 0 Å². The van der Waals surface area contributed by atoms with E-state index in [-0.39, 0.29) is 30.6 Å². The van der Waals surface area contributed by atoms with Crippen LogP contribution in [0.1, 0.15) is 45.7 Å². The van der Waals surface area contributed by atoms with Crippen LogP contribution in [0.5, 0.6) is 5.75 Å². The van der Waals surface area contributed by atoms with Gasteiger partial charge in [0.25, 0.3) is 5.91 Å². The number of hydrogen-bond donors (Lipinski definition) is 5. The van der Waals surface area contributed by atoms with Gasteiger partial charge in [-0.05, 0) is 62.2 Å². The lowest BCUT2D eigenvalue weighted by atomic mass is 9.86. The second-order valence-corrected chi connectivity index (χ2v) is 13.2. The van der Waals surface area contributed by atoms with E-state index in [1.165, 1.54) is 0 Å². The van der Waals surface area contributed by atoms with Crippen molar-refractivity contribution in [2.45, 2.75) is 65.8 Å². The Hall–Kier alpha value is -3.17. The van der Waals surface area contributed by atoms with Crippen molar-refractivity contribution in [3.8, 4) is 17.0 Å². The van der Waals surface area contributed by atoms with Crippen LogP contribution < -0.4 is 21.0 Å². The number of nitrogens with zero attached hydrogens (tertiary/aromatic N) is 2. The predicted octanol–water partition coefficient (Wildman–Crippen LogP) is 4.49. The van der Waals surface area contributed by atoms with Crippen LogP contribution in [0.3, 0.4) is 0 Å². The third-order valence-electron chi connectivity index (χ3n) is 7.10. The van der Waals surface area contributed by atoms with Gasteiger partial charge in [-0.3, -0.25) is 15.2 Å². The largest absolute Gasteiger partial charge is 0.476 e. The number of nitrogens with one attached hydrogen (secondary N) is 3. The summed E-state index contributed by atoms with van der Waals surface area (Å²) in [6, 6.07) is 22.0. The molecule has 3 atom stereocenters. The number of carbonyl (C=O) groups excluding carboxylic acids is 1. The molecular formula is C34H48N5O6P. The van der Waals surface area contributed by atoms with E-state index < -0.39 is 26.6 Å². The van der Waals surface area contributed by atoms with Crippen LogP contribution in [0, 0.1) is 17.5 Å². The SMILES string of the molecule is CCOP(COc1c#cc(CC(NO)C(O)CN(Cc2ccc(-c3ccccn3)cc2)NC(=O)C(NC)C(C)(C)C)cc1)OCC. The zero-order valence-corrected chi connectivity index (χ0v) is 28.5. The molecule has 3 aromatic rings. The van der Waals surface area contributed by atoms with Gasteiger partial charge in [-0.15, -0.1) is 0 Å². The fraction of sp³-hybridized carbons (Fsp3) is 0.471. The molecule has 0 fully saturated rings. The van der Waals surface area contributed by atoms with Gasteiger partial charge >= 0.3 is 0 Å². The molecule has 0 saturated carbocycles. The zero-order chi connectivity index (χ0) is 33.5. The number of rotatable bonds is 19. The van der Waals surface area contributed by atoms with Gasteiger partial charge < -0.3 is 29.4 Å². The number of carbonyl (C=O) groups is 1. The number of pyridine rings is 1. The lowest BCUT2D eigenvalue weighted by Gasteiger charge is -2.34. The number of hydrogen-bond acceptors (Lipinski definition) is 10. The molecule has 1 aromatic heterocycles. The summed E-state index contributed by atoms with van der Waals surface area (Å²) < 4.78 is 16.9. The molecule has 0 aliphatic rings. The van der Waals surface area contributed by atoms with Crippen LogP contribution in [-0.2, 0) is 26.8 Å². The molecule has 0 spiro atoms. The fourth-order valence-corrected chi connectivity index (χ4v) is 5.89. The number of likely N-dealkylation sites (N-methyl/N-ethyl adjacent to an activating group) is 1. The first-order valence-corrected chi connectivity index (χ1v) is 16.8. The van der Waals surface area contributed by atoms with Crippen molar-refractivity contribution in [2.75, 3.05) is 33.2 Å². The van der Waals surface area contributed by atoms with Gasteiger partial charge in [0, 0.05) is 36.8 Å². The molecule has 0 radical (unpaired) electrons. The van der Waals surface area contributed by atoms with E-state index in [4.69, 9.17) is 13.8 Å². The normalized spacial score (nSPS) is 13.7. The lowest BCUT2D eigenvalue weighted by molar-refractivity contribution is -0.131. The Labute approximate surface area is 274 Å². The number of aliphatic hydroxyl groups excluding tert-OH is 1. The van der Waals surface area contributed by atoms with E-state index in [2.05, 4.69) is 33.3 Å². The highest BCUT2D eigenvalue weighted by Crippen LogP contribution is 2.37. The first kappa shape index (κ1) is 37.3. The van der Waals surface area contributed by atoms with Gasteiger partial charge in [0.1, 0.15) is 0 Å². The van der Waals surface area contributed by atoms with Crippen molar-refractivity contribution >= 4 is 14.3 Å². The van der Waals surface area contributed by atoms with Crippen molar-refractivity contribution in [3.05, 3.63) is 84.1 Å². The van der Waals surface area contributed by atoms with Crippen molar-refractivity contribution < 1.29 is 28.9 Å². The Morgan fingerprint density at radius 3 is 2.30 bits per heavy atom. The number of aromatic nitrogens is 1. The highest BCUT2D eigenvalue weighted by molar-refractivity contribution is 7.47. The highest BCUT2D eigenvalue weighted by atomic mass is 31.2. The van der Waals surface area contributed by atoms with Gasteiger partial charge in [0.05, 0.1) is 37.1 Å². The second-order valence-electron chi connectivity index (χ2n) is 11.8. The average molecular weight is 654 g/mol. The number of ether oxygens (including phenoxy) is 1. The summed E-state index contributed by atoms with van der Waals surface area (Å²) in [6.07, 6.45) is 1.21. The van der Waals surface area contributed by atoms with Crippen molar-refractivity contribution in [3.63, 3.8) is 0 Å². The molecule has 1 heterocycles. The molecule has 250 valence electrons. The fourth-order valence-electron chi connectivity index (χ4n) is 4.85. The minimum Gasteiger partial charge on any atom is -0.476 e. The van der Waals surface area contributed by atoms with Gasteiger partial charge in [0.2, 0.25) is 8.38 Å². The number of benzene rings is 1. The van der Waals surface area contributed by atoms with E-state index in [0.29, 0.717) is 31.1 Å². The molecule has 0 aliphatic carbocycles. The summed E-state index contributed by atoms with van der Waals surface area (Å²) in [5, 5.41) is 26.0. The lowest BCUT2D eigenvalue weighted by Crippen LogP contribution is -2.57. The highest BCUT2D eigenvalue weighted by Gasteiger charge is 2.32. The van der Waals surface area contributed by atoms with E-state index >= 15 is 0 Å². The maximum atomic E-state index is 13.4. The van der Waals surface area contributed by atoms with Gasteiger partial charge in [-0.25, -0.2) is 5.01 Å². The Kier molecular flexibility index (Phi) is 15.3. The number of hydrazine groups is 1. The standard InChI is InChI=1S/C34H48N5O6P/c1-7-44-46(45-8-2)24-43-28-18-14-25(15-19-28)21-30(38-42)31(40)23-39(37-33(41)32(35-6)34(3,4)5)22-26-12-16-27(17-13-26)29-11-9-10-20-36-29/h9-14,16-18,20,30-32,35,38,40,42H,7-8,21-24H2,1-6H3,(H,37,41). The molecule has 3 rings (SSSR count). The van der Waals surface area contributed by atoms with Gasteiger partial charge in [0.15, 0.2) is 12.1 Å². The molecule has 12 heteroatoms. The molecule has 1 amide bonds. The van der Waals surface area contributed by atoms with Crippen LogP contribution in [-0.4, -0.2) is 77.6 Å². The van der Waals surface area contributed by atoms with Crippen LogP contribution in [0.25, 0.3) is 11.3 Å². The van der Waals surface area contributed by atoms with Gasteiger partial charge in [-0.1, -0.05) is 57.2 Å². The first-order chi connectivity index (χ1) is 22.1. The summed E-state index contributed by atoms with van der Waals surface area (Å²) in [4.78, 5) is 17.8. The van der Waals surface area contributed by atoms with Crippen LogP contribution in [0.4, 0.5) is 0 Å². The third kappa shape index (κ3) is 11.9. The van der Waals surface area contributed by atoms with E-state index in [9.17, 15) is 15.1 Å². The quantitative estimate of drug-likeness (QED) is 0.0930. The molecule has 3 unspecified atom stereocenters. The van der Waals surface area contributed by atoms with Gasteiger partial charge in [-0.2, -0.15) is 5.48 Å². The number of aliphatic hydroxyl groups is 1. The minimum atomic E-state index is -1.15. The molecule has 46 heavy (non-hydrogen) atoms. The zero-order valence-electron chi connectivity index (χ0n) is 27.6. The first-order valence-electron chi connectivity index (χ1n) is 15.5. The Morgan fingerprint density at radius 1 is 1.04 bits per heavy atom. The molecule has 5 N–H and O–H groups in total. The monoisotopic (exact) mass is 653 g/mol. The summed E-state index contributed by atoms with van der Waals surface area (Å²) >= 11 is 0. The number of amides is 1. The topological polar surface area (TPSA) is 137 Å². The molecule has 0 saturated heterocycles. The third-order valence-corrected chi connectivity index (χ3v) is 8.54. The molecule has 11 nitrogen and oxygen atoms in total. The molecule has 0 aliphatic heterocycles. The smallest absolute Gasteiger partial charge is 0.251 e. The average Bonchev–Trinajstić information content (AvgIpc) is 3.03. The summed E-state index contributed by atoms with van der Waals surface area (Å²) in [5.41, 5.74) is 8.35. The van der Waals surface area contributed by atoms with E-state index in [1.54, 1.807) is 30.4 Å². The predicted molar refractivity (Wildman–Crippen MR) is 179 cm³/mol. The summed E-state index contributed by atoms with van der Waals surface area (Å²) in [5.74, 6) is 0.266. The van der Waals surface area contributed by atoms with E-state index in [0.717, 1.165) is 16.8 Å². The summed E-state index contributed by atoms with van der Waals surface area (Å²) in [6.45, 7) is 11.2. The molecule has 0 bridgehead atoms. The van der Waals surface area contributed by atoms with Crippen LogP contribution >= 0.6 is 8.38 Å². The van der Waals surface area contributed by atoms with Crippen molar-refractivity contribution in [1.29, 1.82) is 0 Å². The van der Waals surface area contributed by atoms with Crippen LogP contribution in [0.15, 0.2) is 60.8 Å². The summed E-state index contributed by atoms with van der Waals surface area (Å²) in [7, 11) is 0.598. The minimum absolute atomic E-state index is 0.0375. The Balaban J connectivity index is 1.70. The molecular weight excluding hydrogens is 605 g/mol. The van der Waals surface area contributed by atoms with Crippen molar-refractivity contribution in [2.24, 2.45) is 5.41 Å². The Bertz CT molecular complexity index is 1290.